The van der Waals surface area contributed by atoms with E-state index in [0.29, 0.717) is 22.9 Å². The van der Waals surface area contributed by atoms with Gasteiger partial charge in [0, 0.05) is 12.3 Å². The highest BCUT2D eigenvalue weighted by molar-refractivity contribution is 6.00. The molecule has 0 unspecified atom stereocenters. The van der Waals surface area contributed by atoms with Crippen molar-refractivity contribution in [3.05, 3.63) is 47.7 Å². The fraction of sp³-hybridized carbons (Fsp3) is 0.400. The monoisotopic (exact) mass is 356 g/mol. The van der Waals surface area contributed by atoms with Crippen molar-refractivity contribution in [2.75, 3.05) is 14.2 Å². The Hall–Kier alpha value is -2.76. The number of aromatic nitrogens is 1. The second-order valence-electron chi connectivity index (χ2n) is 6.38. The van der Waals surface area contributed by atoms with Gasteiger partial charge in [-0.1, -0.05) is 6.07 Å². The molecule has 1 heterocycles. The summed E-state index contributed by atoms with van der Waals surface area (Å²) in [7, 11) is 3.08. The van der Waals surface area contributed by atoms with Gasteiger partial charge in [-0.15, -0.1) is 0 Å². The summed E-state index contributed by atoms with van der Waals surface area (Å²) in [6.07, 6.45) is 4.36. The predicted molar refractivity (Wildman–Crippen MR) is 98.0 cm³/mol. The molecule has 1 amide bonds. The topological polar surface area (TPSA) is 69.7 Å². The molecule has 6 heteroatoms. The van der Waals surface area contributed by atoms with Gasteiger partial charge in [0.05, 0.1) is 20.3 Å². The Bertz CT molecular complexity index is 756. The van der Waals surface area contributed by atoms with Gasteiger partial charge in [-0.05, 0) is 49.9 Å². The van der Waals surface area contributed by atoms with Gasteiger partial charge in [-0.25, -0.2) is 4.98 Å². The summed E-state index contributed by atoms with van der Waals surface area (Å²) in [6.45, 7) is 2.00. The van der Waals surface area contributed by atoms with Gasteiger partial charge in [-0.3, -0.25) is 4.79 Å². The molecule has 2 aromatic rings. The molecule has 0 aliphatic heterocycles. The number of amides is 1. The zero-order chi connectivity index (χ0) is 18.5. The first-order valence-electron chi connectivity index (χ1n) is 8.73. The van der Waals surface area contributed by atoms with Gasteiger partial charge in [0.2, 0.25) is 5.88 Å². The highest BCUT2D eigenvalue weighted by Gasteiger charge is 2.32. The minimum atomic E-state index is -0.225. The smallest absolute Gasteiger partial charge is 0.259 e. The molecule has 6 nitrogen and oxygen atoms in total. The lowest BCUT2D eigenvalue weighted by molar-refractivity contribution is 0.0884. The Labute approximate surface area is 153 Å². The molecule has 1 aromatic carbocycles. The van der Waals surface area contributed by atoms with E-state index >= 15 is 0 Å². The maximum atomic E-state index is 12.9. The lowest BCUT2D eigenvalue weighted by Gasteiger charge is -2.23. The van der Waals surface area contributed by atoms with Crippen LogP contribution in [-0.4, -0.2) is 37.3 Å². The lowest BCUT2D eigenvalue weighted by atomic mass is 10.1. The number of nitrogens with one attached hydrogen (secondary N) is 1. The summed E-state index contributed by atoms with van der Waals surface area (Å²) in [5, 5.41) is 3.08. The second-order valence-corrected chi connectivity index (χ2v) is 6.38. The molecule has 0 radical (unpaired) electrons. The number of carbonyl (C=O) groups excluding carboxylic acids is 1. The first-order valence-corrected chi connectivity index (χ1v) is 8.73. The predicted octanol–water partition coefficient (Wildman–Crippen LogP) is 3.14. The summed E-state index contributed by atoms with van der Waals surface area (Å²) in [4.78, 5) is 17.1. The molecule has 1 aromatic heterocycles. The number of benzene rings is 1. The summed E-state index contributed by atoms with van der Waals surface area (Å²) in [6, 6.07) is 9.03. The number of methoxy groups -OCH3 is 2. The Balaban J connectivity index is 1.74. The van der Waals surface area contributed by atoms with E-state index < -0.39 is 0 Å². The van der Waals surface area contributed by atoms with Crippen molar-refractivity contribution in [3.63, 3.8) is 0 Å². The Kier molecular flexibility index (Phi) is 5.61. The quantitative estimate of drug-likeness (QED) is 0.861. The summed E-state index contributed by atoms with van der Waals surface area (Å²) in [5.74, 6) is 1.33. The van der Waals surface area contributed by atoms with Crippen LogP contribution < -0.4 is 19.5 Å². The van der Waals surface area contributed by atoms with Crippen molar-refractivity contribution in [2.45, 2.75) is 38.3 Å². The van der Waals surface area contributed by atoms with E-state index in [1.165, 1.54) is 14.2 Å². The third-order valence-corrected chi connectivity index (χ3v) is 4.59. The zero-order valence-electron chi connectivity index (χ0n) is 15.3. The number of nitrogens with zero attached hydrogens (tertiary/aromatic N) is 1. The summed E-state index contributed by atoms with van der Waals surface area (Å²) < 4.78 is 16.7. The van der Waals surface area contributed by atoms with E-state index in [2.05, 4.69) is 10.3 Å². The van der Waals surface area contributed by atoms with Crippen LogP contribution in [0.5, 0.6) is 17.4 Å². The lowest BCUT2D eigenvalue weighted by Crippen LogP contribution is -2.42. The van der Waals surface area contributed by atoms with Crippen LogP contribution >= 0.6 is 0 Å². The van der Waals surface area contributed by atoms with E-state index in [-0.39, 0.29) is 18.1 Å². The Morgan fingerprint density at radius 2 is 1.88 bits per heavy atom. The summed E-state index contributed by atoms with van der Waals surface area (Å²) in [5.41, 5.74) is 1.49. The van der Waals surface area contributed by atoms with Crippen LogP contribution in [0.4, 0.5) is 0 Å². The third kappa shape index (κ3) is 3.90. The van der Waals surface area contributed by atoms with Gasteiger partial charge in [0.1, 0.15) is 23.2 Å². The molecule has 0 saturated heterocycles. The standard InChI is InChI=1S/C20H24N2O4/c1-13-10-11-21-18(12-13)26-15-7-4-6-14(15)22-20(23)19-16(24-2)8-5-9-17(19)25-3/h5,8-12,14-15H,4,6-7H2,1-3H3,(H,22,23)/t14-,15+/m1/s1. The fourth-order valence-electron chi connectivity index (χ4n) is 3.28. The average molecular weight is 356 g/mol. The van der Waals surface area contributed by atoms with Crippen LogP contribution in [0.15, 0.2) is 36.5 Å². The summed E-state index contributed by atoms with van der Waals surface area (Å²) >= 11 is 0. The van der Waals surface area contributed by atoms with Crippen LogP contribution in [0.3, 0.4) is 0 Å². The van der Waals surface area contributed by atoms with Crippen molar-refractivity contribution in [3.8, 4) is 17.4 Å². The van der Waals surface area contributed by atoms with Gasteiger partial charge >= 0.3 is 0 Å². The third-order valence-electron chi connectivity index (χ3n) is 4.59. The first kappa shape index (κ1) is 18.0. The van der Waals surface area contributed by atoms with Crippen LogP contribution in [-0.2, 0) is 0 Å². The van der Waals surface area contributed by atoms with E-state index in [1.54, 1.807) is 24.4 Å². The highest BCUT2D eigenvalue weighted by Crippen LogP contribution is 2.30. The number of hydrogen-bond acceptors (Lipinski definition) is 5. The Morgan fingerprint density at radius 1 is 1.15 bits per heavy atom. The molecule has 1 N–H and O–H groups in total. The van der Waals surface area contributed by atoms with Gasteiger partial charge in [0.25, 0.3) is 5.91 Å². The van der Waals surface area contributed by atoms with Crippen molar-refractivity contribution in [2.24, 2.45) is 0 Å². The molecule has 0 spiro atoms. The maximum absolute atomic E-state index is 12.9. The molecule has 138 valence electrons. The van der Waals surface area contributed by atoms with Crippen molar-refractivity contribution >= 4 is 5.91 Å². The van der Waals surface area contributed by atoms with Crippen LogP contribution in [0.2, 0.25) is 0 Å². The van der Waals surface area contributed by atoms with Crippen LogP contribution in [0.25, 0.3) is 0 Å². The fourth-order valence-corrected chi connectivity index (χ4v) is 3.28. The van der Waals surface area contributed by atoms with Crippen molar-refractivity contribution < 1.29 is 19.0 Å². The molecular weight excluding hydrogens is 332 g/mol. The average Bonchev–Trinajstić information content (AvgIpc) is 3.07. The van der Waals surface area contributed by atoms with Gasteiger partial charge < -0.3 is 19.5 Å². The number of hydrogen-bond donors (Lipinski definition) is 1. The van der Waals surface area contributed by atoms with E-state index in [9.17, 15) is 4.79 Å². The minimum absolute atomic E-state index is 0.0839. The number of ether oxygens (including phenoxy) is 3. The van der Waals surface area contributed by atoms with Gasteiger partial charge in [0.15, 0.2) is 0 Å². The Morgan fingerprint density at radius 3 is 2.54 bits per heavy atom. The highest BCUT2D eigenvalue weighted by atomic mass is 16.5. The van der Waals surface area contributed by atoms with Crippen molar-refractivity contribution in [1.29, 1.82) is 0 Å². The first-order chi connectivity index (χ1) is 12.6. The molecule has 1 fully saturated rings. The second kappa shape index (κ2) is 8.08. The molecule has 2 atom stereocenters. The number of pyridine rings is 1. The number of rotatable bonds is 6. The number of carbonyl (C=O) groups is 1. The van der Waals surface area contributed by atoms with Gasteiger partial charge in [-0.2, -0.15) is 0 Å². The maximum Gasteiger partial charge on any atom is 0.259 e. The number of aryl methyl sites for hydroxylation is 1. The van der Waals surface area contributed by atoms with Crippen molar-refractivity contribution in [1.82, 2.24) is 10.3 Å². The normalized spacial score (nSPS) is 19.0. The molecular formula is C20H24N2O4. The van der Waals surface area contributed by atoms with Crippen LogP contribution in [0.1, 0.15) is 35.2 Å². The molecule has 1 aliphatic rings. The zero-order valence-corrected chi connectivity index (χ0v) is 15.3. The molecule has 0 bridgehead atoms. The minimum Gasteiger partial charge on any atom is -0.496 e. The molecule has 3 rings (SSSR count). The molecule has 26 heavy (non-hydrogen) atoms. The SMILES string of the molecule is COc1cccc(OC)c1C(=O)N[C@@H]1CCC[C@@H]1Oc1cc(C)ccn1. The molecule has 1 aliphatic carbocycles. The van der Waals surface area contributed by atoms with Crippen LogP contribution in [0, 0.1) is 6.92 Å². The molecule has 1 saturated carbocycles. The van der Waals surface area contributed by atoms with E-state index in [0.717, 1.165) is 24.8 Å². The largest absolute Gasteiger partial charge is 0.496 e. The van der Waals surface area contributed by atoms with E-state index in [4.69, 9.17) is 14.2 Å². The van der Waals surface area contributed by atoms with E-state index in [1.807, 2.05) is 19.1 Å².